The largest absolute Gasteiger partial charge is 0.480 e. The molecule has 1 rings (SSSR count). The fraction of sp³-hybridized carbons (Fsp3) is 0.312. The smallest absolute Gasteiger partial charge is 0.326 e. The Morgan fingerprint density at radius 1 is 1.14 bits per heavy atom. The number of carbonyl (C=O) groups excluding carboxylic acids is 2. The first-order chi connectivity index (χ1) is 10.3. The molecule has 0 radical (unpaired) electrons. The van der Waals surface area contributed by atoms with E-state index in [-0.39, 0.29) is 11.6 Å². The van der Waals surface area contributed by atoms with Crippen molar-refractivity contribution in [1.82, 2.24) is 10.6 Å². The first-order valence-corrected chi connectivity index (χ1v) is 6.89. The van der Waals surface area contributed by atoms with Crippen molar-refractivity contribution in [3.05, 3.63) is 41.6 Å². The van der Waals surface area contributed by atoms with Gasteiger partial charge in [0.05, 0.1) is 0 Å². The molecule has 0 aliphatic rings. The van der Waals surface area contributed by atoms with Crippen LogP contribution in [0.15, 0.2) is 36.0 Å². The van der Waals surface area contributed by atoms with Crippen molar-refractivity contribution in [1.29, 1.82) is 0 Å². The number of hydrogen-bond donors (Lipinski definition) is 3. The van der Waals surface area contributed by atoms with E-state index >= 15 is 0 Å². The van der Waals surface area contributed by atoms with Gasteiger partial charge >= 0.3 is 5.97 Å². The van der Waals surface area contributed by atoms with Crippen molar-refractivity contribution in [2.45, 2.75) is 26.8 Å². The van der Waals surface area contributed by atoms with Crippen molar-refractivity contribution in [2.75, 3.05) is 0 Å². The third kappa shape index (κ3) is 5.40. The Balaban J connectivity index is 3.01. The van der Waals surface area contributed by atoms with Crippen molar-refractivity contribution in [3.63, 3.8) is 0 Å². The summed E-state index contributed by atoms with van der Waals surface area (Å²) in [5.74, 6) is -2.45. The van der Waals surface area contributed by atoms with Gasteiger partial charge in [-0.1, -0.05) is 44.2 Å². The summed E-state index contributed by atoms with van der Waals surface area (Å²) in [5, 5.41) is 14.0. The maximum atomic E-state index is 12.2. The number of rotatable bonds is 6. The van der Waals surface area contributed by atoms with E-state index in [2.05, 4.69) is 10.6 Å². The van der Waals surface area contributed by atoms with Crippen LogP contribution in [0.3, 0.4) is 0 Å². The second kappa shape index (κ2) is 7.97. The van der Waals surface area contributed by atoms with Crippen molar-refractivity contribution >= 4 is 23.9 Å². The van der Waals surface area contributed by atoms with Gasteiger partial charge in [0.15, 0.2) is 0 Å². The van der Waals surface area contributed by atoms with Crippen LogP contribution in [-0.2, 0) is 14.4 Å². The minimum absolute atomic E-state index is 0.00519. The highest BCUT2D eigenvalue weighted by Gasteiger charge is 2.25. The highest BCUT2D eigenvalue weighted by Crippen LogP contribution is 2.07. The Labute approximate surface area is 129 Å². The topological polar surface area (TPSA) is 95.5 Å². The molecule has 118 valence electrons. The fourth-order valence-electron chi connectivity index (χ4n) is 1.80. The van der Waals surface area contributed by atoms with Gasteiger partial charge in [-0.2, -0.15) is 0 Å². The van der Waals surface area contributed by atoms with Crippen LogP contribution >= 0.6 is 0 Å². The fourth-order valence-corrected chi connectivity index (χ4v) is 1.80. The van der Waals surface area contributed by atoms with Crippen molar-refractivity contribution in [3.8, 4) is 0 Å². The van der Waals surface area contributed by atoms with Crippen molar-refractivity contribution in [2.24, 2.45) is 5.92 Å². The summed E-state index contributed by atoms with van der Waals surface area (Å²) in [7, 11) is 0. The molecule has 6 heteroatoms. The molecule has 0 heterocycles. The second-order valence-electron chi connectivity index (χ2n) is 5.18. The highest BCUT2D eigenvalue weighted by atomic mass is 16.4. The van der Waals surface area contributed by atoms with Crippen LogP contribution in [0.1, 0.15) is 26.3 Å². The van der Waals surface area contributed by atoms with E-state index in [9.17, 15) is 14.4 Å². The molecular formula is C16H20N2O4. The normalized spacial score (nSPS) is 12.6. The lowest BCUT2D eigenvalue weighted by Crippen LogP contribution is -2.46. The molecule has 0 fully saturated rings. The number of carbonyl (C=O) groups is 3. The standard InChI is InChI=1S/C16H20N2O4/c1-10(2)14(16(21)22)18-15(20)13(17-11(3)19)9-12-7-5-4-6-8-12/h4-10,14H,1-3H3,(H,17,19)(H,18,20)(H,21,22)/t14-/m0/s1. The van der Waals surface area contributed by atoms with Crippen LogP contribution in [-0.4, -0.2) is 28.9 Å². The zero-order valence-electron chi connectivity index (χ0n) is 12.8. The molecule has 22 heavy (non-hydrogen) atoms. The highest BCUT2D eigenvalue weighted by molar-refractivity contribution is 6.02. The maximum Gasteiger partial charge on any atom is 0.326 e. The third-order valence-corrected chi connectivity index (χ3v) is 2.89. The number of benzene rings is 1. The van der Waals surface area contributed by atoms with E-state index in [1.54, 1.807) is 38.1 Å². The van der Waals surface area contributed by atoms with E-state index in [1.807, 2.05) is 6.07 Å². The zero-order valence-corrected chi connectivity index (χ0v) is 12.8. The van der Waals surface area contributed by atoms with Crippen molar-refractivity contribution < 1.29 is 19.5 Å². The lowest BCUT2D eigenvalue weighted by atomic mass is 10.0. The van der Waals surface area contributed by atoms with Crippen LogP contribution in [0.25, 0.3) is 6.08 Å². The number of amides is 2. The van der Waals surface area contributed by atoms with Gasteiger partial charge in [0, 0.05) is 6.92 Å². The Morgan fingerprint density at radius 2 is 1.73 bits per heavy atom. The summed E-state index contributed by atoms with van der Waals surface area (Å²) in [6.45, 7) is 4.67. The zero-order chi connectivity index (χ0) is 16.7. The van der Waals surface area contributed by atoms with Crippen LogP contribution < -0.4 is 10.6 Å². The molecule has 1 atom stereocenters. The van der Waals surface area contributed by atoms with Gasteiger partial charge in [-0.15, -0.1) is 0 Å². The quantitative estimate of drug-likeness (QED) is 0.692. The van der Waals surface area contributed by atoms with Crippen LogP contribution in [0.5, 0.6) is 0 Å². The second-order valence-corrected chi connectivity index (χ2v) is 5.18. The van der Waals surface area contributed by atoms with E-state index in [0.29, 0.717) is 0 Å². The molecule has 2 amide bonds. The Bertz CT molecular complexity index is 579. The molecular weight excluding hydrogens is 284 g/mol. The Hall–Kier alpha value is -2.63. The molecule has 0 saturated heterocycles. The van der Waals surface area contributed by atoms with Gasteiger partial charge in [-0.3, -0.25) is 9.59 Å². The molecule has 0 spiro atoms. The molecule has 6 nitrogen and oxygen atoms in total. The van der Waals surface area contributed by atoms with Gasteiger partial charge in [0.1, 0.15) is 11.7 Å². The average Bonchev–Trinajstić information content (AvgIpc) is 2.43. The summed E-state index contributed by atoms with van der Waals surface area (Å²) < 4.78 is 0. The molecule has 1 aromatic carbocycles. The van der Waals surface area contributed by atoms with Gasteiger partial charge < -0.3 is 15.7 Å². The predicted octanol–water partition coefficient (Wildman–Crippen LogP) is 1.39. The Kier molecular flexibility index (Phi) is 6.31. The number of nitrogens with one attached hydrogen (secondary N) is 2. The minimum atomic E-state index is -1.12. The number of carboxylic acids is 1. The van der Waals surface area contributed by atoms with E-state index in [0.717, 1.165) is 5.56 Å². The molecule has 0 saturated carbocycles. The number of aliphatic carboxylic acids is 1. The molecule has 0 aromatic heterocycles. The van der Waals surface area contributed by atoms with E-state index in [1.165, 1.54) is 13.0 Å². The summed E-state index contributed by atoms with van der Waals surface area (Å²) in [4.78, 5) is 34.7. The first-order valence-electron chi connectivity index (χ1n) is 6.89. The molecule has 1 aromatic rings. The summed E-state index contributed by atoms with van der Waals surface area (Å²) in [5.41, 5.74) is 0.725. The average molecular weight is 304 g/mol. The predicted molar refractivity (Wildman–Crippen MR) is 82.6 cm³/mol. The van der Waals surface area contributed by atoms with Crippen LogP contribution in [0, 0.1) is 5.92 Å². The lowest BCUT2D eigenvalue weighted by Gasteiger charge is -2.19. The molecule has 0 aliphatic carbocycles. The molecule has 0 aliphatic heterocycles. The van der Waals surface area contributed by atoms with Gasteiger partial charge in [0.25, 0.3) is 5.91 Å². The lowest BCUT2D eigenvalue weighted by molar-refractivity contribution is -0.142. The minimum Gasteiger partial charge on any atom is -0.480 e. The summed E-state index contributed by atoms with van der Waals surface area (Å²) >= 11 is 0. The van der Waals surface area contributed by atoms with Gasteiger partial charge in [-0.05, 0) is 17.6 Å². The summed E-state index contributed by atoms with van der Waals surface area (Å²) in [6.07, 6.45) is 1.50. The number of carboxylic acid groups (broad SMARTS) is 1. The maximum absolute atomic E-state index is 12.2. The third-order valence-electron chi connectivity index (χ3n) is 2.89. The van der Waals surface area contributed by atoms with Gasteiger partial charge in [-0.25, -0.2) is 4.79 Å². The monoisotopic (exact) mass is 304 g/mol. The van der Waals surface area contributed by atoms with E-state index in [4.69, 9.17) is 5.11 Å². The van der Waals surface area contributed by atoms with Crippen LogP contribution in [0.2, 0.25) is 0 Å². The molecule has 3 N–H and O–H groups in total. The summed E-state index contributed by atoms with van der Waals surface area (Å²) in [6, 6.07) is 7.93. The molecule has 0 unspecified atom stereocenters. The first kappa shape index (κ1) is 17.4. The SMILES string of the molecule is CC(=O)NC(=Cc1ccccc1)C(=O)N[C@H](C(=O)O)C(C)C. The Morgan fingerprint density at radius 3 is 2.18 bits per heavy atom. The molecule has 0 bridgehead atoms. The van der Waals surface area contributed by atoms with Gasteiger partial charge in [0.2, 0.25) is 5.91 Å². The number of hydrogen-bond acceptors (Lipinski definition) is 3. The van der Waals surface area contributed by atoms with Crippen LogP contribution in [0.4, 0.5) is 0 Å². The van der Waals surface area contributed by atoms with E-state index < -0.39 is 23.8 Å².